The molecule has 0 aliphatic heterocycles. The molecule has 1 heterocycles. The molecule has 0 N–H and O–H groups in total. The van der Waals surface area contributed by atoms with Crippen LogP contribution >= 0.6 is 23.2 Å². The highest BCUT2D eigenvalue weighted by Gasteiger charge is 2.22. The van der Waals surface area contributed by atoms with Crippen LogP contribution < -0.4 is 0 Å². The number of hydrogen-bond donors (Lipinski definition) is 0. The molecule has 0 saturated carbocycles. The second kappa shape index (κ2) is 5.44. The van der Waals surface area contributed by atoms with Gasteiger partial charge in [0.1, 0.15) is 11.2 Å². The zero-order valence-electron chi connectivity index (χ0n) is 10.8. The second-order valence-electron chi connectivity index (χ2n) is 4.90. The number of benzene rings is 1. The third-order valence-electron chi connectivity index (χ3n) is 3.67. The Morgan fingerprint density at radius 3 is 2.45 bits per heavy atom. The Labute approximate surface area is 128 Å². The maximum absolute atomic E-state index is 9.42. The number of aryl methyl sites for hydroxylation is 1. The van der Waals surface area contributed by atoms with Gasteiger partial charge in [-0.25, -0.2) is 4.98 Å². The van der Waals surface area contributed by atoms with E-state index in [1.807, 2.05) is 24.3 Å². The smallest absolute Gasteiger partial charge is 0.147 e. The monoisotopic (exact) mass is 302 g/mol. The first-order valence-corrected chi connectivity index (χ1v) is 7.33. The lowest BCUT2D eigenvalue weighted by molar-refractivity contribution is 0.669. The average Bonchev–Trinajstić information content (AvgIpc) is 2.47. The molecule has 3 rings (SSSR count). The standard InChI is InChI=1S/C16H12Cl2N2/c17-11-7-5-10(6-8-11)15-12-3-1-2-4-14(12)20-16(18)13(15)9-19/h5-8H,1-4H2. The lowest BCUT2D eigenvalue weighted by Crippen LogP contribution is -2.09. The lowest BCUT2D eigenvalue weighted by atomic mass is 9.87. The first-order chi connectivity index (χ1) is 9.70. The number of fused-ring (bicyclic) bond motifs is 1. The van der Waals surface area contributed by atoms with Gasteiger partial charge in [-0.05, 0) is 48.9 Å². The van der Waals surface area contributed by atoms with Gasteiger partial charge in [0.2, 0.25) is 0 Å². The summed E-state index contributed by atoms with van der Waals surface area (Å²) < 4.78 is 0. The van der Waals surface area contributed by atoms with E-state index in [9.17, 15) is 5.26 Å². The molecule has 1 aliphatic rings. The van der Waals surface area contributed by atoms with Crippen LogP contribution in [0.2, 0.25) is 10.2 Å². The number of halogens is 2. The van der Waals surface area contributed by atoms with Crippen LogP contribution in [0.5, 0.6) is 0 Å². The van der Waals surface area contributed by atoms with Crippen molar-refractivity contribution in [1.29, 1.82) is 5.26 Å². The van der Waals surface area contributed by atoms with E-state index in [0.717, 1.165) is 42.5 Å². The minimum Gasteiger partial charge on any atom is -0.239 e. The van der Waals surface area contributed by atoms with Crippen LogP contribution in [0.15, 0.2) is 24.3 Å². The normalized spacial score (nSPS) is 13.7. The summed E-state index contributed by atoms with van der Waals surface area (Å²) in [5.74, 6) is 0. The molecule has 2 nitrogen and oxygen atoms in total. The van der Waals surface area contributed by atoms with E-state index in [4.69, 9.17) is 23.2 Å². The Kier molecular flexibility index (Phi) is 3.65. The van der Waals surface area contributed by atoms with Crippen LogP contribution in [0.25, 0.3) is 11.1 Å². The summed E-state index contributed by atoms with van der Waals surface area (Å²) in [7, 11) is 0. The van der Waals surface area contributed by atoms with Gasteiger partial charge in [0.05, 0.1) is 5.56 Å². The molecule has 0 spiro atoms. The highest BCUT2D eigenvalue weighted by Crippen LogP contribution is 2.36. The Hall–Kier alpha value is -1.56. The maximum atomic E-state index is 9.42. The molecule has 1 aromatic carbocycles. The minimum atomic E-state index is 0.304. The number of aromatic nitrogens is 1. The van der Waals surface area contributed by atoms with Crippen molar-refractivity contribution < 1.29 is 0 Å². The van der Waals surface area contributed by atoms with Gasteiger partial charge in [-0.3, -0.25) is 0 Å². The molecule has 0 saturated heterocycles. The fraction of sp³-hybridized carbons (Fsp3) is 0.250. The Bertz CT molecular complexity index is 700. The molecule has 1 aromatic heterocycles. The number of nitriles is 1. The molecule has 0 bridgehead atoms. The molecule has 0 radical (unpaired) electrons. The summed E-state index contributed by atoms with van der Waals surface area (Å²) in [6.07, 6.45) is 4.14. The van der Waals surface area contributed by atoms with E-state index in [-0.39, 0.29) is 0 Å². The van der Waals surface area contributed by atoms with Crippen molar-refractivity contribution in [2.24, 2.45) is 0 Å². The third-order valence-corrected chi connectivity index (χ3v) is 4.20. The van der Waals surface area contributed by atoms with Crippen LogP contribution in [0.4, 0.5) is 0 Å². The molecule has 2 aromatic rings. The predicted octanol–water partition coefficient (Wildman–Crippen LogP) is 4.81. The van der Waals surface area contributed by atoms with Crippen molar-refractivity contribution in [3.63, 3.8) is 0 Å². The zero-order valence-corrected chi connectivity index (χ0v) is 12.3. The summed E-state index contributed by atoms with van der Waals surface area (Å²) >= 11 is 12.1. The quantitative estimate of drug-likeness (QED) is 0.709. The van der Waals surface area contributed by atoms with Crippen molar-refractivity contribution in [3.05, 3.63) is 51.3 Å². The Morgan fingerprint density at radius 2 is 1.75 bits per heavy atom. The van der Waals surface area contributed by atoms with E-state index < -0.39 is 0 Å². The Balaban J connectivity index is 2.29. The van der Waals surface area contributed by atoms with Gasteiger partial charge in [-0.15, -0.1) is 0 Å². The molecular weight excluding hydrogens is 291 g/mol. The van der Waals surface area contributed by atoms with Crippen LogP contribution in [0.1, 0.15) is 29.7 Å². The van der Waals surface area contributed by atoms with Gasteiger partial charge in [-0.2, -0.15) is 5.26 Å². The van der Waals surface area contributed by atoms with E-state index >= 15 is 0 Å². The molecular formula is C16H12Cl2N2. The van der Waals surface area contributed by atoms with E-state index in [0.29, 0.717) is 15.7 Å². The van der Waals surface area contributed by atoms with Gasteiger partial charge < -0.3 is 0 Å². The van der Waals surface area contributed by atoms with E-state index in [2.05, 4.69) is 11.1 Å². The van der Waals surface area contributed by atoms with Gasteiger partial charge in [0.25, 0.3) is 0 Å². The first kappa shape index (κ1) is 13.4. The van der Waals surface area contributed by atoms with Crippen LogP contribution in [0, 0.1) is 11.3 Å². The van der Waals surface area contributed by atoms with E-state index in [1.54, 1.807) is 0 Å². The lowest BCUT2D eigenvalue weighted by Gasteiger charge is -2.20. The van der Waals surface area contributed by atoms with Crippen molar-refractivity contribution in [2.75, 3.05) is 0 Å². The fourth-order valence-corrected chi connectivity index (χ4v) is 3.11. The number of hydrogen-bond acceptors (Lipinski definition) is 2. The highest BCUT2D eigenvalue weighted by atomic mass is 35.5. The van der Waals surface area contributed by atoms with Crippen LogP contribution in [-0.2, 0) is 12.8 Å². The maximum Gasteiger partial charge on any atom is 0.147 e. The molecule has 1 aliphatic carbocycles. The molecule has 0 atom stereocenters. The van der Waals surface area contributed by atoms with Crippen molar-refractivity contribution >= 4 is 23.2 Å². The molecule has 0 fully saturated rings. The van der Waals surface area contributed by atoms with Gasteiger partial charge >= 0.3 is 0 Å². The van der Waals surface area contributed by atoms with E-state index in [1.165, 1.54) is 5.56 Å². The molecule has 20 heavy (non-hydrogen) atoms. The molecule has 4 heteroatoms. The summed E-state index contributed by atoms with van der Waals surface area (Å²) in [5, 5.41) is 10.4. The molecule has 100 valence electrons. The zero-order chi connectivity index (χ0) is 14.1. The van der Waals surface area contributed by atoms with Crippen molar-refractivity contribution in [1.82, 2.24) is 4.98 Å². The third kappa shape index (κ3) is 2.28. The number of rotatable bonds is 1. The fourth-order valence-electron chi connectivity index (χ4n) is 2.75. The predicted molar refractivity (Wildman–Crippen MR) is 81.1 cm³/mol. The van der Waals surface area contributed by atoms with Gasteiger partial charge in [-0.1, -0.05) is 35.3 Å². The second-order valence-corrected chi connectivity index (χ2v) is 5.70. The largest absolute Gasteiger partial charge is 0.239 e. The van der Waals surface area contributed by atoms with Gasteiger partial charge in [0, 0.05) is 16.3 Å². The number of pyridine rings is 1. The van der Waals surface area contributed by atoms with Crippen molar-refractivity contribution in [3.8, 4) is 17.2 Å². The van der Waals surface area contributed by atoms with Crippen molar-refractivity contribution in [2.45, 2.75) is 25.7 Å². The summed E-state index contributed by atoms with van der Waals surface area (Å²) in [5.41, 5.74) is 4.58. The number of nitrogens with zero attached hydrogens (tertiary/aromatic N) is 2. The Morgan fingerprint density at radius 1 is 1.05 bits per heavy atom. The SMILES string of the molecule is N#Cc1c(Cl)nc2c(c1-c1ccc(Cl)cc1)CCCC2. The average molecular weight is 303 g/mol. The van der Waals surface area contributed by atoms with Crippen LogP contribution in [0.3, 0.4) is 0 Å². The van der Waals surface area contributed by atoms with Crippen LogP contribution in [-0.4, -0.2) is 4.98 Å². The highest BCUT2D eigenvalue weighted by molar-refractivity contribution is 6.31. The summed E-state index contributed by atoms with van der Waals surface area (Å²) in [4.78, 5) is 4.41. The van der Waals surface area contributed by atoms with Gasteiger partial charge in [0.15, 0.2) is 0 Å². The summed E-state index contributed by atoms with van der Waals surface area (Å²) in [6.45, 7) is 0. The molecule has 0 amide bonds. The first-order valence-electron chi connectivity index (χ1n) is 6.58. The summed E-state index contributed by atoms with van der Waals surface area (Å²) in [6, 6.07) is 9.74. The topological polar surface area (TPSA) is 36.7 Å². The molecule has 0 unspecified atom stereocenters. The minimum absolute atomic E-state index is 0.304.